The van der Waals surface area contributed by atoms with Crippen LogP contribution in [0.3, 0.4) is 0 Å². The molecule has 1 atom stereocenters. The fraction of sp³-hybridized carbons (Fsp3) is 0.688. The van der Waals surface area contributed by atoms with Crippen LogP contribution in [0.25, 0.3) is 0 Å². The Labute approximate surface area is 124 Å². The molecule has 21 heavy (non-hydrogen) atoms. The van der Waals surface area contributed by atoms with Crippen LogP contribution in [0.2, 0.25) is 0 Å². The number of piperidine rings is 1. The molecule has 0 aromatic carbocycles. The van der Waals surface area contributed by atoms with E-state index in [0.717, 1.165) is 56.3 Å². The zero-order valence-corrected chi connectivity index (χ0v) is 12.7. The molecule has 0 bridgehead atoms. The molecule has 0 N–H and O–H groups in total. The Hall–Kier alpha value is -1.65. The van der Waals surface area contributed by atoms with Gasteiger partial charge in [0.2, 0.25) is 5.91 Å². The molecule has 5 heteroatoms. The van der Waals surface area contributed by atoms with E-state index in [0.29, 0.717) is 0 Å². The lowest BCUT2D eigenvalue weighted by Crippen LogP contribution is -2.45. The smallest absolute Gasteiger partial charge is 0.267 e. The lowest BCUT2D eigenvalue weighted by molar-refractivity contribution is -0.135. The van der Waals surface area contributed by atoms with E-state index in [1.165, 1.54) is 11.1 Å². The van der Waals surface area contributed by atoms with E-state index in [9.17, 15) is 9.59 Å². The highest BCUT2D eigenvalue weighted by atomic mass is 16.2. The number of hydrogen-bond donors (Lipinski definition) is 0. The minimum absolute atomic E-state index is 0.0209. The fourth-order valence-corrected chi connectivity index (χ4v) is 3.40. The van der Waals surface area contributed by atoms with Crippen LogP contribution < -0.4 is 5.56 Å². The zero-order chi connectivity index (χ0) is 14.8. The summed E-state index contributed by atoms with van der Waals surface area (Å²) in [6, 6.07) is 1.95. The van der Waals surface area contributed by atoms with Crippen molar-refractivity contribution in [1.29, 1.82) is 0 Å². The van der Waals surface area contributed by atoms with Crippen LogP contribution in [0.5, 0.6) is 0 Å². The van der Waals surface area contributed by atoms with Crippen molar-refractivity contribution in [1.82, 2.24) is 14.7 Å². The Bertz CT molecular complexity index is 594. The quantitative estimate of drug-likeness (QED) is 0.829. The molecule has 0 unspecified atom stereocenters. The largest absolute Gasteiger partial charge is 0.338 e. The molecule has 1 aromatic rings. The van der Waals surface area contributed by atoms with Crippen molar-refractivity contribution < 1.29 is 4.79 Å². The van der Waals surface area contributed by atoms with E-state index in [4.69, 9.17) is 0 Å². The van der Waals surface area contributed by atoms with Crippen molar-refractivity contribution in [2.24, 2.45) is 0 Å². The number of fused-ring (bicyclic) bond motifs is 1. The van der Waals surface area contributed by atoms with Crippen molar-refractivity contribution >= 4 is 5.91 Å². The van der Waals surface area contributed by atoms with Gasteiger partial charge in [-0.25, -0.2) is 4.68 Å². The molecular formula is C16H23N3O2. The molecule has 1 saturated heterocycles. The summed E-state index contributed by atoms with van der Waals surface area (Å²) in [4.78, 5) is 26.4. The van der Waals surface area contributed by atoms with Gasteiger partial charge in [-0.1, -0.05) is 0 Å². The third kappa shape index (κ3) is 3.01. The molecule has 2 heterocycles. The molecule has 1 amide bonds. The van der Waals surface area contributed by atoms with Crippen molar-refractivity contribution in [2.75, 3.05) is 6.54 Å². The van der Waals surface area contributed by atoms with Crippen LogP contribution >= 0.6 is 0 Å². The van der Waals surface area contributed by atoms with Crippen molar-refractivity contribution in [2.45, 2.75) is 64.5 Å². The highest BCUT2D eigenvalue weighted by Gasteiger charge is 2.24. The fourth-order valence-electron chi connectivity index (χ4n) is 3.40. The number of carbonyl (C=O) groups is 1. The summed E-state index contributed by atoms with van der Waals surface area (Å²) in [5, 5.41) is 4.43. The van der Waals surface area contributed by atoms with Gasteiger partial charge >= 0.3 is 0 Å². The van der Waals surface area contributed by atoms with E-state index in [-0.39, 0.29) is 24.1 Å². The molecular weight excluding hydrogens is 266 g/mol. The van der Waals surface area contributed by atoms with E-state index in [1.54, 1.807) is 6.07 Å². The number of aryl methyl sites for hydroxylation is 2. The van der Waals surface area contributed by atoms with Gasteiger partial charge in [-0.05, 0) is 57.4 Å². The van der Waals surface area contributed by atoms with Gasteiger partial charge in [0, 0.05) is 18.7 Å². The van der Waals surface area contributed by atoms with Gasteiger partial charge in [0.05, 0.1) is 5.69 Å². The van der Waals surface area contributed by atoms with Crippen molar-refractivity contribution in [3.8, 4) is 0 Å². The summed E-state index contributed by atoms with van der Waals surface area (Å²) < 4.78 is 1.35. The van der Waals surface area contributed by atoms with Crippen LogP contribution in [0, 0.1) is 0 Å². The average molecular weight is 289 g/mol. The van der Waals surface area contributed by atoms with Crippen molar-refractivity contribution in [3.05, 3.63) is 27.7 Å². The van der Waals surface area contributed by atoms with Crippen LogP contribution in [0.4, 0.5) is 0 Å². The number of rotatable bonds is 2. The first-order valence-corrected chi connectivity index (χ1v) is 8.04. The molecule has 1 aliphatic carbocycles. The molecule has 2 aliphatic rings. The zero-order valence-electron chi connectivity index (χ0n) is 12.7. The maximum absolute atomic E-state index is 12.4. The number of aromatic nitrogens is 2. The summed E-state index contributed by atoms with van der Waals surface area (Å²) in [5.74, 6) is 0.0209. The molecule has 0 spiro atoms. The first kappa shape index (κ1) is 14.3. The highest BCUT2D eigenvalue weighted by Crippen LogP contribution is 2.18. The Morgan fingerprint density at radius 2 is 2.10 bits per heavy atom. The van der Waals surface area contributed by atoms with Crippen LogP contribution in [-0.2, 0) is 24.2 Å². The maximum Gasteiger partial charge on any atom is 0.267 e. The lowest BCUT2D eigenvalue weighted by Gasteiger charge is -2.33. The number of amides is 1. The minimum atomic E-state index is -0.145. The van der Waals surface area contributed by atoms with Crippen LogP contribution in [0.1, 0.15) is 50.3 Å². The molecule has 1 aliphatic heterocycles. The molecule has 1 fully saturated rings. The summed E-state index contributed by atoms with van der Waals surface area (Å²) in [7, 11) is 0. The molecule has 0 radical (unpaired) electrons. The highest BCUT2D eigenvalue weighted by molar-refractivity contribution is 5.76. The van der Waals surface area contributed by atoms with Crippen molar-refractivity contribution in [3.63, 3.8) is 0 Å². The molecule has 5 nitrogen and oxygen atoms in total. The third-order valence-electron chi connectivity index (χ3n) is 4.68. The molecule has 0 saturated carbocycles. The maximum atomic E-state index is 12.4. The van der Waals surface area contributed by atoms with Crippen LogP contribution in [-0.4, -0.2) is 33.2 Å². The van der Waals surface area contributed by atoms with Gasteiger partial charge in [0.15, 0.2) is 0 Å². The average Bonchev–Trinajstić information content (AvgIpc) is 2.48. The molecule has 114 valence electrons. The Balaban J connectivity index is 1.78. The summed E-state index contributed by atoms with van der Waals surface area (Å²) in [6.45, 7) is 2.97. The van der Waals surface area contributed by atoms with E-state index >= 15 is 0 Å². The lowest BCUT2D eigenvalue weighted by atomic mass is 9.97. The topological polar surface area (TPSA) is 55.2 Å². The summed E-state index contributed by atoms with van der Waals surface area (Å²) in [6.07, 6.45) is 7.40. The predicted octanol–water partition coefficient (Wildman–Crippen LogP) is 1.52. The number of nitrogens with zero attached hydrogens (tertiary/aromatic N) is 3. The second-order valence-corrected chi connectivity index (χ2v) is 6.25. The van der Waals surface area contributed by atoms with E-state index in [2.05, 4.69) is 12.0 Å². The van der Waals surface area contributed by atoms with Gasteiger partial charge in [-0.2, -0.15) is 5.10 Å². The van der Waals surface area contributed by atoms with E-state index < -0.39 is 0 Å². The predicted molar refractivity (Wildman–Crippen MR) is 80.2 cm³/mol. The normalized spacial score (nSPS) is 22.0. The number of carbonyl (C=O) groups excluding carboxylic acids is 1. The summed E-state index contributed by atoms with van der Waals surface area (Å²) >= 11 is 0. The first-order chi connectivity index (χ1) is 10.1. The second kappa shape index (κ2) is 6.00. The number of likely N-dealkylation sites (tertiary alicyclic amines) is 1. The first-order valence-electron chi connectivity index (χ1n) is 8.04. The minimum Gasteiger partial charge on any atom is -0.338 e. The third-order valence-corrected chi connectivity index (χ3v) is 4.68. The Morgan fingerprint density at radius 3 is 2.90 bits per heavy atom. The van der Waals surface area contributed by atoms with Gasteiger partial charge in [-0.15, -0.1) is 0 Å². The second-order valence-electron chi connectivity index (χ2n) is 6.25. The van der Waals surface area contributed by atoms with Gasteiger partial charge in [0.25, 0.3) is 5.56 Å². The summed E-state index contributed by atoms with van der Waals surface area (Å²) in [5.41, 5.74) is 1.93. The SMILES string of the molecule is C[C@H]1CCCCN1C(=O)Cn1nc2c(cc1=O)CCCC2. The van der Waals surface area contributed by atoms with Gasteiger partial charge < -0.3 is 4.90 Å². The number of hydrogen-bond acceptors (Lipinski definition) is 3. The Kier molecular flexibility index (Phi) is 4.08. The molecule has 1 aromatic heterocycles. The van der Waals surface area contributed by atoms with Gasteiger partial charge in [-0.3, -0.25) is 9.59 Å². The molecule has 3 rings (SSSR count). The standard InChI is InChI=1S/C16H23N3O2/c1-12-6-4-5-9-18(12)16(21)11-19-15(20)10-13-7-2-3-8-14(13)17-19/h10,12H,2-9,11H2,1H3/t12-/m0/s1. The van der Waals surface area contributed by atoms with Crippen LogP contribution in [0.15, 0.2) is 10.9 Å². The van der Waals surface area contributed by atoms with E-state index in [1.807, 2.05) is 4.90 Å². The Morgan fingerprint density at radius 1 is 1.29 bits per heavy atom. The van der Waals surface area contributed by atoms with Gasteiger partial charge in [0.1, 0.15) is 6.54 Å². The monoisotopic (exact) mass is 289 g/mol.